The van der Waals surface area contributed by atoms with Crippen LogP contribution in [0.5, 0.6) is 11.5 Å². The summed E-state index contributed by atoms with van der Waals surface area (Å²) < 4.78 is 12.0. The molecule has 0 radical (unpaired) electrons. The average Bonchev–Trinajstić information content (AvgIpc) is 3.25. The molecule has 4 rings (SSSR count). The fraction of sp³-hybridized carbons (Fsp3) is 0.231. The number of hydrogen-bond acceptors (Lipinski definition) is 4. The zero-order chi connectivity index (χ0) is 22.3. The topological polar surface area (TPSA) is 66.5 Å². The fourth-order valence-electron chi connectivity index (χ4n) is 3.80. The molecule has 1 heterocycles. The molecule has 0 aliphatic carbocycles. The van der Waals surface area contributed by atoms with E-state index in [9.17, 15) is 5.11 Å². The van der Waals surface area contributed by atoms with Crippen LogP contribution >= 0.6 is 15.9 Å². The normalized spacial score (nSPS) is 13.1. The molecule has 5 nitrogen and oxygen atoms in total. The van der Waals surface area contributed by atoms with E-state index in [2.05, 4.69) is 62.8 Å². The van der Waals surface area contributed by atoms with Crippen molar-refractivity contribution < 1.29 is 14.6 Å². The molecule has 3 aromatic carbocycles. The highest BCUT2D eigenvalue weighted by Gasteiger charge is 2.19. The molecule has 3 N–H and O–H groups in total. The van der Waals surface area contributed by atoms with Crippen LogP contribution in [0, 0.1) is 0 Å². The Bertz CT molecular complexity index is 1130. The maximum atomic E-state index is 10.4. The van der Waals surface area contributed by atoms with Gasteiger partial charge in [-0.25, -0.2) is 0 Å². The fourth-order valence-corrected chi connectivity index (χ4v) is 4.07. The number of halogens is 1. The number of rotatable bonds is 10. The molecule has 2 atom stereocenters. The van der Waals surface area contributed by atoms with Crippen molar-refractivity contribution in [1.29, 1.82) is 0 Å². The van der Waals surface area contributed by atoms with E-state index in [0.29, 0.717) is 13.1 Å². The molecule has 0 spiro atoms. The monoisotopic (exact) mass is 494 g/mol. The van der Waals surface area contributed by atoms with Gasteiger partial charge in [-0.05, 0) is 53.6 Å². The first kappa shape index (κ1) is 22.4. The van der Waals surface area contributed by atoms with E-state index in [0.717, 1.165) is 21.5 Å². The standard InChI is InChI=1S/C26H27BrN2O3/c1-31-21-10-6-18(7-11-21)24(25-16-29-26-5-3-2-4-23(25)26)15-28-14-20(30)17-32-22-12-8-19(27)9-13-22/h2-13,16,20,24,28-30H,14-15,17H2,1H3/t20-,24+/m0/s1. The minimum absolute atomic E-state index is 0.122. The van der Waals surface area contributed by atoms with E-state index in [-0.39, 0.29) is 12.5 Å². The molecule has 4 aromatic rings. The predicted octanol–water partition coefficient (Wildman–Crippen LogP) is 5.10. The van der Waals surface area contributed by atoms with Crippen LogP contribution in [-0.2, 0) is 0 Å². The van der Waals surface area contributed by atoms with Crippen molar-refractivity contribution in [3.63, 3.8) is 0 Å². The van der Waals surface area contributed by atoms with Gasteiger partial charge in [0.2, 0.25) is 0 Å². The summed E-state index contributed by atoms with van der Waals surface area (Å²) >= 11 is 3.41. The highest BCUT2D eigenvalue weighted by atomic mass is 79.9. The largest absolute Gasteiger partial charge is 0.497 e. The van der Waals surface area contributed by atoms with E-state index < -0.39 is 6.10 Å². The van der Waals surface area contributed by atoms with Crippen LogP contribution in [0.1, 0.15) is 17.0 Å². The molecular weight excluding hydrogens is 468 g/mol. The average molecular weight is 495 g/mol. The molecule has 0 fully saturated rings. The van der Waals surface area contributed by atoms with Gasteiger partial charge in [-0.1, -0.05) is 46.3 Å². The number of aromatic amines is 1. The Morgan fingerprint density at radius 1 is 0.938 bits per heavy atom. The number of aliphatic hydroxyl groups is 1. The zero-order valence-electron chi connectivity index (χ0n) is 17.9. The summed E-state index contributed by atoms with van der Waals surface area (Å²) in [5.74, 6) is 1.69. The van der Waals surface area contributed by atoms with Crippen LogP contribution < -0.4 is 14.8 Å². The van der Waals surface area contributed by atoms with Crippen molar-refractivity contribution in [2.75, 3.05) is 26.8 Å². The number of aromatic nitrogens is 1. The summed E-state index contributed by atoms with van der Waals surface area (Å²) in [6, 6.07) is 24.1. The molecule has 1 aromatic heterocycles. The summed E-state index contributed by atoms with van der Waals surface area (Å²) in [5, 5.41) is 15.0. The second-order valence-electron chi connectivity index (χ2n) is 7.69. The molecular formula is C26H27BrN2O3. The number of aliphatic hydroxyl groups excluding tert-OH is 1. The maximum absolute atomic E-state index is 10.4. The predicted molar refractivity (Wildman–Crippen MR) is 132 cm³/mol. The number of nitrogens with one attached hydrogen (secondary N) is 2. The molecule has 0 bridgehead atoms. The second-order valence-corrected chi connectivity index (χ2v) is 8.61. The number of H-pyrrole nitrogens is 1. The smallest absolute Gasteiger partial charge is 0.119 e. The molecule has 0 unspecified atom stereocenters. The van der Waals surface area contributed by atoms with Crippen molar-refractivity contribution in [1.82, 2.24) is 10.3 Å². The molecule has 0 saturated carbocycles. The van der Waals surface area contributed by atoms with Gasteiger partial charge in [0.05, 0.1) is 7.11 Å². The Labute approximate surface area is 196 Å². The van der Waals surface area contributed by atoms with Crippen molar-refractivity contribution in [3.8, 4) is 11.5 Å². The summed E-state index contributed by atoms with van der Waals surface area (Å²) in [7, 11) is 1.67. The third-order valence-electron chi connectivity index (χ3n) is 5.50. The van der Waals surface area contributed by atoms with E-state index in [1.807, 2.05) is 42.5 Å². The van der Waals surface area contributed by atoms with Crippen LogP contribution in [0.15, 0.2) is 83.5 Å². The first-order valence-electron chi connectivity index (χ1n) is 10.6. The lowest BCUT2D eigenvalue weighted by Crippen LogP contribution is -2.34. The summed E-state index contributed by atoms with van der Waals surface area (Å²) in [6.45, 7) is 1.35. The van der Waals surface area contributed by atoms with Gasteiger partial charge in [-0.15, -0.1) is 0 Å². The first-order chi connectivity index (χ1) is 15.6. The number of methoxy groups -OCH3 is 1. The number of hydrogen-bond donors (Lipinski definition) is 3. The summed E-state index contributed by atoms with van der Waals surface area (Å²) in [6.07, 6.45) is 1.46. The third-order valence-corrected chi connectivity index (χ3v) is 6.03. The van der Waals surface area contributed by atoms with Crippen molar-refractivity contribution in [2.45, 2.75) is 12.0 Å². The quantitative estimate of drug-likeness (QED) is 0.287. The van der Waals surface area contributed by atoms with Gasteiger partial charge >= 0.3 is 0 Å². The van der Waals surface area contributed by atoms with Crippen molar-refractivity contribution in [3.05, 3.63) is 94.6 Å². The lowest BCUT2D eigenvalue weighted by molar-refractivity contribution is 0.106. The van der Waals surface area contributed by atoms with Gasteiger partial charge in [-0.2, -0.15) is 0 Å². The van der Waals surface area contributed by atoms with Crippen LogP contribution in [-0.4, -0.2) is 43.0 Å². The number of fused-ring (bicyclic) bond motifs is 1. The van der Waals surface area contributed by atoms with E-state index in [1.54, 1.807) is 7.11 Å². The Hall–Kier alpha value is -2.80. The molecule has 6 heteroatoms. The van der Waals surface area contributed by atoms with Crippen LogP contribution in [0.4, 0.5) is 0 Å². The Balaban J connectivity index is 1.42. The second kappa shape index (κ2) is 10.7. The molecule has 0 amide bonds. The van der Waals surface area contributed by atoms with E-state index in [1.165, 1.54) is 16.5 Å². The molecule has 166 valence electrons. The van der Waals surface area contributed by atoms with Gasteiger partial charge < -0.3 is 24.9 Å². The van der Waals surface area contributed by atoms with Crippen molar-refractivity contribution in [2.24, 2.45) is 0 Å². The van der Waals surface area contributed by atoms with Crippen LogP contribution in [0.3, 0.4) is 0 Å². The SMILES string of the molecule is COc1ccc([C@@H](CNC[C@H](O)COc2ccc(Br)cc2)c2c[nH]c3ccccc23)cc1. The van der Waals surface area contributed by atoms with Crippen LogP contribution in [0.2, 0.25) is 0 Å². The highest BCUT2D eigenvalue weighted by molar-refractivity contribution is 9.10. The summed E-state index contributed by atoms with van der Waals surface area (Å²) in [4.78, 5) is 3.38. The Kier molecular flexibility index (Phi) is 7.47. The lowest BCUT2D eigenvalue weighted by Gasteiger charge is -2.20. The van der Waals surface area contributed by atoms with E-state index >= 15 is 0 Å². The molecule has 0 saturated heterocycles. The highest BCUT2D eigenvalue weighted by Crippen LogP contribution is 2.31. The van der Waals surface area contributed by atoms with Gasteiger partial charge in [0.15, 0.2) is 0 Å². The van der Waals surface area contributed by atoms with Gasteiger partial charge in [0.1, 0.15) is 24.2 Å². The van der Waals surface area contributed by atoms with Crippen molar-refractivity contribution >= 4 is 26.8 Å². The molecule has 32 heavy (non-hydrogen) atoms. The lowest BCUT2D eigenvalue weighted by atomic mass is 9.90. The minimum atomic E-state index is -0.613. The van der Waals surface area contributed by atoms with Gasteiger partial charge in [-0.3, -0.25) is 0 Å². The maximum Gasteiger partial charge on any atom is 0.119 e. The zero-order valence-corrected chi connectivity index (χ0v) is 19.5. The Morgan fingerprint density at radius 3 is 2.41 bits per heavy atom. The summed E-state index contributed by atoms with van der Waals surface area (Å²) in [5.41, 5.74) is 3.52. The number of ether oxygens (including phenoxy) is 2. The first-order valence-corrected chi connectivity index (χ1v) is 11.4. The number of benzene rings is 3. The Morgan fingerprint density at radius 2 is 1.66 bits per heavy atom. The molecule has 0 aliphatic heterocycles. The van der Waals surface area contributed by atoms with Gasteiger partial charge in [0, 0.05) is 40.6 Å². The van der Waals surface area contributed by atoms with Gasteiger partial charge in [0.25, 0.3) is 0 Å². The third kappa shape index (κ3) is 5.51. The minimum Gasteiger partial charge on any atom is -0.497 e. The van der Waals surface area contributed by atoms with Crippen LogP contribution in [0.25, 0.3) is 10.9 Å². The molecule has 0 aliphatic rings. The van der Waals surface area contributed by atoms with E-state index in [4.69, 9.17) is 9.47 Å². The number of para-hydroxylation sites is 1.